The van der Waals surface area contributed by atoms with Gasteiger partial charge in [-0.05, 0) is 0 Å². The summed E-state index contributed by atoms with van der Waals surface area (Å²) < 4.78 is 0. The molecule has 0 aromatic heterocycles. The maximum atomic E-state index is 10.8. The van der Waals surface area contributed by atoms with Gasteiger partial charge in [-0.1, -0.05) is 6.92 Å². The lowest BCUT2D eigenvalue weighted by molar-refractivity contribution is -0.244. The van der Waals surface area contributed by atoms with Crippen LogP contribution >= 0.6 is 11.8 Å². The fraction of sp³-hybridized carbons (Fsp3) is 0.750. The number of carboxylic acids is 2. The van der Waals surface area contributed by atoms with Crippen LogP contribution in [-0.2, 0) is 14.5 Å². The molecule has 0 rings (SSSR count). The highest BCUT2D eigenvalue weighted by Gasteiger charge is 2.30. The van der Waals surface area contributed by atoms with Crippen molar-refractivity contribution in [2.24, 2.45) is 11.7 Å². The number of nitrogens with two attached hydrogens (primary N) is 1. The van der Waals surface area contributed by atoms with Crippen LogP contribution in [-0.4, -0.2) is 51.1 Å². The molecule has 0 saturated carbocycles. The molecule has 0 aliphatic carbocycles. The highest BCUT2D eigenvalue weighted by molar-refractivity contribution is 8.00. The third kappa shape index (κ3) is 5.31. The average molecular weight is 253 g/mol. The third-order valence-electron chi connectivity index (χ3n) is 1.87. The summed E-state index contributed by atoms with van der Waals surface area (Å²) in [7, 11) is 0. The molecule has 0 bridgehead atoms. The van der Waals surface area contributed by atoms with E-state index in [4.69, 9.17) is 21.2 Å². The van der Waals surface area contributed by atoms with E-state index in [1.54, 1.807) is 0 Å². The monoisotopic (exact) mass is 253 g/mol. The Morgan fingerprint density at radius 1 is 1.38 bits per heavy atom. The van der Waals surface area contributed by atoms with Gasteiger partial charge in [0.05, 0.1) is 12.5 Å². The fourth-order valence-electron chi connectivity index (χ4n) is 0.930. The summed E-state index contributed by atoms with van der Waals surface area (Å²) >= 11 is 0.918. The van der Waals surface area contributed by atoms with E-state index in [1.807, 2.05) is 0 Å². The highest BCUT2D eigenvalue weighted by atomic mass is 32.2. The van der Waals surface area contributed by atoms with Crippen molar-refractivity contribution in [3.63, 3.8) is 0 Å². The van der Waals surface area contributed by atoms with Crippen LogP contribution in [0.5, 0.6) is 0 Å². The maximum Gasteiger partial charge on any atom is 0.317 e. The molecule has 16 heavy (non-hydrogen) atoms. The molecule has 94 valence electrons. The summed E-state index contributed by atoms with van der Waals surface area (Å²) in [5.41, 5.74) is 5.46. The minimum absolute atomic E-state index is 0.124. The van der Waals surface area contributed by atoms with Gasteiger partial charge in [0.2, 0.25) is 0 Å². The van der Waals surface area contributed by atoms with Gasteiger partial charge in [0.15, 0.2) is 0 Å². The Hall–Kier alpha value is -0.830. The second-order valence-electron chi connectivity index (χ2n) is 3.27. The molecular formula is C8H15NO6S. The van der Waals surface area contributed by atoms with Gasteiger partial charge >= 0.3 is 11.9 Å². The van der Waals surface area contributed by atoms with E-state index in [1.165, 1.54) is 6.92 Å². The molecule has 8 heteroatoms. The van der Waals surface area contributed by atoms with E-state index in [-0.39, 0.29) is 12.4 Å². The van der Waals surface area contributed by atoms with Crippen molar-refractivity contribution in [2.45, 2.75) is 18.2 Å². The van der Waals surface area contributed by atoms with Crippen LogP contribution in [0.2, 0.25) is 0 Å². The standard InChI is InChI=1S/C8H15NO6S/c1-4(7(10)11)6(8(12)13)16-3-5(9)2-15-14/h4-6,14H,2-3,9H2,1H3,(H,10,11)(H,12,13). The summed E-state index contributed by atoms with van der Waals surface area (Å²) in [4.78, 5) is 25.3. The zero-order valence-corrected chi connectivity index (χ0v) is 9.51. The molecule has 0 aromatic rings. The largest absolute Gasteiger partial charge is 0.481 e. The molecule has 0 aliphatic rings. The van der Waals surface area contributed by atoms with Crippen molar-refractivity contribution >= 4 is 23.7 Å². The van der Waals surface area contributed by atoms with Crippen molar-refractivity contribution in [1.82, 2.24) is 0 Å². The van der Waals surface area contributed by atoms with E-state index in [2.05, 4.69) is 4.89 Å². The Bertz CT molecular complexity index is 249. The molecule has 0 heterocycles. The highest BCUT2D eigenvalue weighted by Crippen LogP contribution is 2.21. The average Bonchev–Trinajstić information content (AvgIpc) is 2.17. The van der Waals surface area contributed by atoms with E-state index >= 15 is 0 Å². The Morgan fingerprint density at radius 3 is 2.31 bits per heavy atom. The number of aliphatic carboxylic acids is 2. The van der Waals surface area contributed by atoms with Gasteiger partial charge in [0.1, 0.15) is 5.25 Å². The van der Waals surface area contributed by atoms with Gasteiger partial charge in [0, 0.05) is 11.8 Å². The number of hydrogen-bond acceptors (Lipinski definition) is 6. The van der Waals surface area contributed by atoms with E-state index in [0.717, 1.165) is 11.8 Å². The lowest BCUT2D eigenvalue weighted by Crippen LogP contribution is -2.34. The Kier molecular flexibility index (Phi) is 7.06. The number of thioether (sulfide) groups is 1. The quantitative estimate of drug-likeness (QED) is 0.343. The Morgan fingerprint density at radius 2 is 1.94 bits per heavy atom. The smallest absolute Gasteiger partial charge is 0.317 e. The molecule has 0 amide bonds. The second-order valence-corrected chi connectivity index (χ2v) is 4.45. The summed E-state index contributed by atoms with van der Waals surface area (Å²) in [6.45, 7) is 1.20. The van der Waals surface area contributed by atoms with Crippen molar-refractivity contribution in [3.05, 3.63) is 0 Å². The molecule has 0 aromatic carbocycles. The number of carboxylic acid groups (broad SMARTS) is 2. The van der Waals surface area contributed by atoms with E-state index in [0.29, 0.717) is 0 Å². The number of rotatable bonds is 8. The molecule has 0 aliphatic heterocycles. The van der Waals surface area contributed by atoms with Gasteiger partial charge in [-0.2, -0.15) is 0 Å². The molecule has 3 atom stereocenters. The summed E-state index contributed by atoms with van der Waals surface area (Å²) in [6, 6.07) is -0.544. The zero-order chi connectivity index (χ0) is 12.7. The molecule has 7 nitrogen and oxygen atoms in total. The van der Waals surface area contributed by atoms with Crippen molar-refractivity contribution in [1.29, 1.82) is 0 Å². The molecular weight excluding hydrogens is 238 g/mol. The first kappa shape index (κ1) is 15.2. The minimum atomic E-state index is -1.20. The first-order chi connectivity index (χ1) is 7.40. The molecule has 0 saturated heterocycles. The van der Waals surface area contributed by atoms with E-state index < -0.39 is 29.1 Å². The molecule has 0 radical (unpaired) electrons. The normalized spacial score (nSPS) is 16.4. The SMILES string of the molecule is CC(C(=O)O)C(SCC(N)COO)C(=O)O. The van der Waals surface area contributed by atoms with Crippen LogP contribution in [0.1, 0.15) is 6.92 Å². The predicted octanol–water partition coefficient (Wildman–Crippen LogP) is -0.290. The van der Waals surface area contributed by atoms with Gasteiger partial charge < -0.3 is 15.9 Å². The fourth-order valence-corrected chi connectivity index (χ4v) is 2.03. The minimum Gasteiger partial charge on any atom is -0.481 e. The van der Waals surface area contributed by atoms with Gasteiger partial charge in [-0.15, -0.1) is 11.8 Å². The van der Waals surface area contributed by atoms with Crippen LogP contribution in [0.15, 0.2) is 0 Å². The lowest BCUT2D eigenvalue weighted by atomic mass is 10.1. The molecule has 3 unspecified atom stereocenters. The van der Waals surface area contributed by atoms with Crippen LogP contribution in [0.25, 0.3) is 0 Å². The van der Waals surface area contributed by atoms with Gasteiger partial charge in [-0.25, -0.2) is 4.89 Å². The first-order valence-electron chi connectivity index (χ1n) is 4.49. The Balaban J connectivity index is 4.25. The van der Waals surface area contributed by atoms with Crippen molar-refractivity contribution in [2.75, 3.05) is 12.4 Å². The summed E-state index contributed by atoms with van der Waals surface area (Å²) in [5.74, 6) is -3.19. The second kappa shape index (κ2) is 7.44. The predicted molar refractivity (Wildman–Crippen MR) is 57.2 cm³/mol. The van der Waals surface area contributed by atoms with Crippen molar-refractivity contribution in [3.8, 4) is 0 Å². The summed E-state index contributed by atoms with van der Waals surface area (Å²) in [5, 5.41) is 24.6. The lowest BCUT2D eigenvalue weighted by Gasteiger charge is -2.17. The van der Waals surface area contributed by atoms with Gasteiger partial charge in [0.25, 0.3) is 0 Å². The molecule has 0 spiro atoms. The topological polar surface area (TPSA) is 130 Å². The summed E-state index contributed by atoms with van der Waals surface area (Å²) in [6.07, 6.45) is 0. The third-order valence-corrected chi connectivity index (χ3v) is 3.46. The van der Waals surface area contributed by atoms with E-state index in [9.17, 15) is 9.59 Å². The van der Waals surface area contributed by atoms with Crippen LogP contribution < -0.4 is 5.73 Å². The zero-order valence-electron chi connectivity index (χ0n) is 8.70. The molecule has 0 fully saturated rings. The Labute approximate surface area is 96.5 Å². The first-order valence-corrected chi connectivity index (χ1v) is 5.54. The molecule has 5 N–H and O–H groups in total. The number of hydrogen-bond donors (Lipinski definition) is 4. The maximum absolute atomic E-state index is 10.8. The van der Waals surface area contributed by atoms with Crippen LogP contribution in [0.4, 0.5) is 0 Å². The van der Waals surface area contributed by atoms with Crippen LogP contribution in [0, 0.1) is 5.92 Å². The number of carbonyl (C=O) groups is 2. The van der Waals surface area contributed by atoms with Crippen LogP contribution in [0.3, 0.4) is 0 Å². The van der Waals surface area contributed by atoms with Gasteiger partial charge in [-0.3, -0.25) is 14.8 Å². The van der Waals surface area contributed by atoms with Crippen molar-refractivity contribution < 1.29 is 29.9 Å².